The van der Waals surface area contributed by atoms with Crippen molar-refractivity contribution in [1.29, 1.82) is 0 Å². The average molecular weight is 156 g/mol. The van der Waals surface area contributed by atoms with Crippen LogP contribution < -0.4 is 0 Å². The van der Waals surface area contributed by atoms with Crippen molar-refractivity contribution in [2.75, 3.05) is 13.2 Å². The van der Waals surface area contributed by atoms with E-state index in [-0.39, 0.29) is 13.2 Å². The number of carbonyl (C=O) groups is 1. The molecule has 1 N–H and O–H groups in total. The van der Waals surface area contributed by atoms with E-state index in [4.69, 9.17) is 5.11 Å². The number of hydrogen-bond donors (Lipinski definition) is 1. The van der Waals surface area contributed by atoms with Crippen LogP contribution in [0.15, 0.2) is 24.3 Å². The molecule has 0 aliphatic rings. The van der Waals surface area contributed by atoms with Crippen molar-refractivity contribution in [2.24, 2.45) is 0 Å². The lowest BCUT2D eigenvalue weighted by molar-refractivity contribution is -0.138. The van der Waals surface area contributed by atoms with Gasteiger partial charge in [0.1, 0.15) is 6.61 Å². The number of aliphatic hydroxyl groups excluding tert-OH is 1. The molecule has 0 aromatic rings. The van der Waals surface area contributed by atoms with Crippen LogP contribution >= 0.6 is 0 Å². The molecule has 0 aromatic carbocycles. The lowest BCUT2D eigenvalue weighted by atomic mass is 10.4. The fourth-order valence-electron chi connectivity index (χ4n) is 0.440. The Hall–Kier alpha value is -1.09. The summed E-state index contributed by atoms with van der Waals surface area (Å²) in [6.07, 6.45) is 6.41. The summed E-state index contributed by atoms with van der Waals surface area (Å²) in [5.41, 5.74) is 0. The zero-order valence-corrected chi connectivity index (χ0v) is 6.49. The van der Waals surface area contributed by atoms with Gasteiger partial charge < -0.3 is 9.84 Å². The third-order valence-corrected chi connectivity index (χ3v) is 0.871. The molecule has 3 nitrogen and oxygen atoms in total. The molecule has 11 heavy (non-hydrogen) atoms. The van der Waals surface area contributed by atoms with Crippen LogP contribution in [0.4, 0.5) is 0 Å². The van der Waals surface area contributed by atoms with Crippen LogP contribution in [-0.2, 0) is 9.53 Å². The minimum Gasteiger partial charge on any atom is -0.460 e. The summed E-state index contributed by atoms with van der Waals surface area (Å²) in [6.45, 7) is 1.77. The first-order valence-electron chi connectivity index (χ1n) is 3.38. The second-order valence-electron chi connectivity index (χ2n) is 1.78. The van der Waals surface area contributed by atoms with Crippen LogP contribution in [0, 0.1) is 0 Å². The highest BCUT2D eigenvalue weighted by atomic mass is 16.5. The van der Waals surface area contributed by atoms with Gasteiger partial charge in [-0.25, -0.2) is 4.79 Å². The lowest BCUT2D eigenvalue weighted by Crippen LogP contribution is -2.04. The van der Waals surface area contributed by atoms with Gasteiger partial charge in [0.2, 0.25) is 0 Å². The van der Waals surface area contributed by atoms with Crippen LogP contribution in [0.2, 0.25) is 0 Å². The number of esters is 1. The summed E-state index contributed by atoms with van der Waals surface area (Å²) in [5, 5.41) is 8.27. The molecule has 0 aromatic heterocycles. The van der Waals surface area contributed by atoms with Gasteiger partial charge in [0.25, 0.3) is 0 Å². The van der Waals surface area contributed by atoms with E-state index in [2.05, 4.69) is 4.74 Å². The SMILES string of the molecule is C/C=C/C=CC(=O)OCCO. The van der Waals surface area contributed by atoms with Crippen molar-refractivity contribution in [2.45, 2.75) is 6.92 Å². The first-order chi connectivity index (χ1) is 5.31. The van der Waals surface area contributed by atoms with Crippen LogP contribution in [-0.4, -0.2) is 24.3 Å². The number of aliphatic hydroxyl groups is 1. The molecule has 0 spiro atoms. The van der Waals surface area contributed by atoms with Crippen LogP contribution in [0.5, 0.6) is 0 Å². The zero-order valence-electron chi connectivity index (χ0n) is 6.49. The predicted octanol–water partition coefficient (Wildman–Crippen LogP) is 0.654. The van der Waals surface area contributed by atoms with Crippen LogP contribution in [0.3, 0.4) is 0 Å². The maximum Gasteiger partial charge on any atom is 0.330 e. The highest BCUT2D eigenvalue weighted by Gasteiger charge is 1.92. The van der Waals surface area contributed by atoms with E-state index in [9.17, 15) is 4.79 Å². The molecule has 0 saturated heterocycles. The molecule has 0 atom stereocenters. The third-order valence-electron chi connectivity index (χ3n) is 0.871. The molecule has 3 heteroatoms. The Bertz CT molecular complexity index is 159. The van der Waals surface area contributed by atoms with Gasteiger partial charge in [0, 0.05) is 6.08 Å². The van der Waals surface area contributed by atoms with E-state index in [1.165, 1.54) is 6.08 Å². The molecule has 62 valence electrons. The molecule has 0 saturated carbocycles. The highest BCUT2D eigenvalue weighted by molar-refractivity contribution is 5.82. The summed E-state index contributed by atoms with van der Waals surface area (Å²) in [4.78, 5) is 10.6. The summed E-state index contributed by atoms with van der Waals surface area (Å²) >= 11 is 0. The second kappa shape index (κ2) is 7.02. The van der Waals surface area contributed by atoms with Crippen molar-refractivity contribution >= 4 is 5.97 Å². The minimum atomic E-state index is -0.433. The minimum absolute atomic E-state index is 0.0546. The molecule has 0 fully saturated rings. The smallest absolute Gasteiger partial charge is 0.330 e. The van der Waals surface area contributed by atoms with Gasteiger partial charge >= 0.3 is 5.97 Å². The molecule has 0 bridgehead atoms. The number of rotatable bonds is 4. The van der Waals surface area contributed by atoms with Gasteiger partial charge in [-0.3, -0.25) is 0 Å². The van der Waals surface area contributed by atoms with Gasteiger partial charge in [-0.1, -0.05) is 18.2 Å². The maximum absolute atomic E-state index is 10.6. The summed E-state index contributed by atoms with van der Waals surface area (Å²) < 4.78 is 4.53. The van der Waals surface area contributed by atoms with Gasteiger partial charge in [-0.15, -0.1) is 0 Å². The number of hydrogen-bond acceptors (Lipinski definition) is 3. The molecule has 0 heterocycles. The van der Waals surface area contributed by atoms with Crippen molar-refractivity contribution in [3.8, 4) is 0 Å². The van der Waals surface area contributed by atoms with Crippen LogP contribution in [0.1, 0.15) is 6.92 Å². The molecular weight excluding hydrogens is 144 g/mol. The van der Waals surface area contributed by atoms with Crippen LogP contribution in [0.25, 0.3) is 0 Å². The Morgan fingerprint density at radius 2 is 2.27 bits per heavy atom. The van der Waals surface area contributed by atoms with Crippen molar-refractivity contribution in [3.63, 3.8) is 0 Å². The Morgan fingerprint density at radius 1 is 1.55 bits per heavy atom. The second-order valence-corrected chi connectivity index (χ2v) is 1.78. The highest BCUT2D eigenvalue weighted by Crippen LogP contribution is 1.82. The molecule has 0 radical (unpaired) electrons. The molecule has 0 unspecified atom stereocenters. The first kappa shape index (κ1) is 9.91. The van der Waals surface area contributed by atoms with Gasteiger partial charge in [0.15, 0.2) is 0 Å². The summed E-state index contributed by atoms with van der Waals surface area (Å²) in [7, 11) is 0. The summed E-state index contributed by atoms with van der Waals surface area (Å²) in [5.74, 6) is -0.433. The first-order valence-corrected chi connectivity index (χ1v) is 3.38. The average Bonchev–Trinajstić information content (AvgIpc) is 2.01. The third kappa shape index (κ3) is 6.80. The Morgan fingerprint density at radius 3 is 2.82 bits per heavy atom. The molecule has 0 aliphatic carbocycles. The number of carbonyl (C=O) groups excluding carboxylic acids is 1. The summed E-state index contributed by atoms with van der Waals surface area (Å²) in [6, 6.07) is 0. The predicted molar refractivity (Wildman–Crippen MR) is 42.0 cm³/mol. The molecular formula is C8H12O3. The van der Waals surface area contributed by atoms with E-state index < -0.39 is 5.97 Å². The van der Waals surface area contributed by atoms with Gasteiger partial charge in [-0.05, 0) is 6.92 Å². The van der Waals surface area contributed by atoms with Crippen molar-refractivity contribution < 1.29 is 14.6 Å². The van der Waals surface area contributed by atoms with Gasteiger partial charge in [0.05, 0.1) is 6.61 Å². The van der Waals surface area contributed by atoms with E-state index >= 15 is 0 Å². The van der Waals surface area contributed by atoms with E-state index in [0.717, 1.165) is 0 Å². The fraction of sp³-hybridized carbons (Fsp3) is 0.375. The van der Waals surface area contributed by atoms with E-state index in [1.807, 2.05) is 6.92 Å². The zero-order chi connectivity index (χ0) is 8.53. The Balaban J connectivity index is 3.51. The van der Waals surface area contributed by atoms with E-state index in [0.29, 0.717) is 0 Å². The molecule has 0 rings (SSSR count). The largest absolute Gasteiger partial charge is 0.460 e. The molecule has 0 aliphatic heterocycles. The molecule has 0 amide bonds. The standard InChI is InChI=1S/C8H12O3/c1-2-3-4-5-8(10)11-7-6-9/h2-5,9H,6-7H2,1H3/b3-2+,5-4?. The van der Waals surface area contributed by atoms with Gasteiger partial charge in [-0.2, -0.15) is 0 Å². The monoisotopic (exact) mass is 156 g/mol. The number of ether oxygens (including phenoxy) is 1. The van der Waals surface area contributed by atoms with E-state index in [1.54, 1.807) is 18.2 Å². The Labute approximate surface area is 66.0 Å². The topological polar surface area (TPSA) is 46.5 Å². The van der Waals surface area contributed by atoms with Crippen molar-refractivity contribution in [1.82, 2.24) is 0 Å². The maximum atomic E-state index is 10.6. The number of allylic oxidation sites excluding steroid dienone is 3. The fourth-order valence-corrected chi connectivity index (χ4v) is 0.440. The van der Waals surface area contributed by atoms with Crippen molar-refractivity contribution in [3.05, 3.63) is 24.3 Å². The lowest BCUT2D eigenvalue weighted by Gasteiger charge is -1.95. The quantitative estimate of drug-likeness (QED) is 0.369. The Kier molecular flexibility index (Phi) is 6.33. The normalized spacial score (nSPS) is 11.1.